The van der Waals surface area contributed by atoms with E-state index in [2.05, 4.69) is 21.8 Å². The van der Waals surface area contributed by atoms with Crippen molar-refractivity contribution < 1.29 is 0 Å². The molecule has 0 saturated carbocycles. The molecule has 1 aromatic rings. The number of amidine groups is 2. The van der Waals surface area contributed by atoms with Crippen molar-refractivity contribution >= 4 is 34.0 Å². The van der Waals surface area contributed by atoms with Crippen LogP contribution in [-0.4, -0.2) is 55.6 Å². The van der Waals surface area contributed by atoms with E-state index in [1.165, 1.54) is 0 Å². The van der Waals surface area contributed by atoms with E-state index in [0.29, 0.717) is 11.9 Å². The Hall–Kier alpha value is -1.69. The molecule has 0 bridgehead atoms. The maximum absolute atomic E-state index is 4.74. The summed E-state index contributed by atoms with van der Waals surface area (Å²) in [5.41, 5.74) is 0. The molecule has 1 unspecified atom stereocenters. The highest BCUT2D eigenvalue weighted by Gasteiger charge is 2.19. The van der Waals surface area contributed by atoms with Crippen LogP contribution in [0, 0.1) is 5.92 Å². The number of hydrogen-bond donors (Lipinski definition) is 0. The summed E-state index contributed by atoms with van der Waals surface area (Å²) in [6.07, 6.45) is 1.87. The zero-order valence-corrected chi connectivity index (χ0v) is 14.2. The lowest BCUT2D eigenvalue weighted by Gasteiger charge is -2.25. The van der Waals surface area contributed by atoms with Crippen LogP contribution in [0.2, 0.25) is 0 Å². The number of nitrogens with zero attached hydrogens (tertiary/aromatic N) is 5. The normalized spacial score (nSPS) is 21.4. The molecule has 114 valence electrons. The van der Waals surface area contributed by atoms with Gasteiger partial charge in [-0.3, -0.25) is 0 Å². The topological polar surface area (TPSA) is 43.6 Å². The minimum atomic E-state index is 0.388. The third-order valence-electron chi connectivity index (χ3n) is 3.29. The summed E-state index contributed by atoms with van der Waals surface area (Å²) in [4.78, 5) is 18.1. The molecule has 1 aliphatic heterocycles. The highest BCUT2D eigenvalue weighted by atomic mass is 32.1. The Kier molecular flexibility index (Phi) is 5.12. The van der Waals surface area contributed by atoms with Gasteiger partial charge in [-0.15, -0.1) is 11.3 Å². The Morgan fingerprint density at radius 3 is 2.52 bits per heavy atom. The van der Waals surface area contributed by atoms with Crippen molar-refractivity contribution in [1.29, 1.82) is 0 Å². The van der Waals surface area contributed by atoms with Gasteiger partial charge in [-0.1, -0.05) is 6.92 Å². The van der Waals surface area contributed by atoms with E-state index in [1.54, 1.807) is 11.3 Å². The molecule has 0 aliphatic carbocycles. The largest absolute Gasteiger partial charge is 0.366 e. The standard InChI is InChI=1S/C15H23N5S/c1-11-8-9-12(16-13-7-6-10-21-13)17-15(20(4)5)18-14(11)19(2)3/h6-7,10-11H,8-9H2,1-5H3. The van der Waals surface area contributed by atoms with Gasteiger partial charge in [-0.2, -0.15) is 9.98 Å². The van der Waals surface area contributed by atoms with Crippen molar-refractivity contribution in [2.24, 2.45) is 20.9 Å². The van der Waals surface area contributed by atoms with Crippen LogP contribution in [0.15, 0.2) is 32.5 Å². The van der Waals surface area contributed by atoms with Crippen LogP contribution in [0.5, 0.6) is 0 Å². The molecule has 1 atom stereocenters. The second-order valence-electron chi connectivity index (χ2n) is 5.59. The first-order valence-corrected chi connectivity index (χ1v) is 7.98. The lowest BCUT2D eigenvalue weighted by Crippen LogP contribution is -2.34. The molecule has 2 rings (SSSR count). The zero-order chi connectivity index (χ0) is 15.4. The molecule has 5 nitrogen and oxygen atoms in total. The van der Waals surface area contributed by atoms with Crippen molar-refractivity contribution in [3.63, 3.8) is 0 Å². The van der Waals surface area contributed by atoms with Crippen LogP contribution in [0.4, 0.5) is 5.00 Å². The summed E-state index contributed by atoms with van der Waals surface area (Å²) in [5.74, 6) is 3.02. The SMILES string of the molecule is CC1CCC(=Nc2cccs2)N=C(N(C)C)N=C1N(C)C. The molecular weight excluding hydrogens is 282 g/mol. The van der Waals surface area contributed by atoms with E-state index in [-0.39, 0.29) is 0 Å². The Labute approximate surface area is 130 Å². The highest BCUT2D eigenvalue weighted by Crippen LogP contribution is 2.22. The smallest absolute Gasteiger partial charge is 0.228 e. The monoisotopic (exact) mass is 305 g/mol. The van der Waals surface area contributed by atoms with Gasteiger partial charge in [0.25, 0.3) is 0 Å². The van der Waals surface area contributed by atoms with Gasteiger partial charge in [-0.25, -0.2) is 4.99 Å². The summed E-state index contributed by atoms with van der Waals surface area (Å²) < 4.78 is 0. The molecule has 1 aromatic heterocycles. The van der Waals surface area contributed by atoms with Gasteiger partial charge in [0.1, 0.15) is 16.7 Å². The molecule has 0 N–H and O–H groups in total. The van der Waals surface area contributed by atoms with E-state index in [1.807, 2.05) is 50.6 Å². The quantitative estimate of drug-likeness (QED) is 0.800. The van der Waals surface area contributed by atoms with Crippen LogP contribution in [0.1, 0.15) is 19.8 Å². The molecular formula is C15H23N5S. The van der Waals surface area contributed by atoms with Crippen LogP contribution >= 0.6 is 11.3 Å². The maximum Gasteiger partial charge on any atom is 0.228 e. The third-order valence-corrected chi connectivity index (χ3v) is 4.05. The molecule has 0 spiro atoms. The number of rotatable bonds is 1. The predicted molar refractivity (Wildman–Crippen MR) is 92.1 cm³/mol. The van der Waals surface area contributed by atoms with E-state index in [4.69, 9.17) is 4.99 Å². The summed E-state index contributed by atoms with van der Waals surface area (Å²) >= 11 is 1.63. The average Bonchev–Trinajstić information content (AvgIpc) is 2.89. The van der Waals surface area contributed by atoms with Crippen LogP contribution in [0.25, 0.3) is 0 Å². The lowest BCUT2D eigenvalue weighted by molar-refractivity contribution is 0.539. The second kappa shape index (κ2) is 6.85. The van der Waals surface area contributed by atoms with E-state index in [9.17, 15) is 0 Å². The summed E-state index contributed by atoms with van der Waals surface area (Å²) in [7, 11) is 7.99. The molecule has 1 aliphatic rings. The van der Waals surface area contributed by atoms with Crippen molar-refractivity contribution in [2.75, 3.05) is 28.2 Å². The van der Waals surface area contributed by atoms with Crippen LogP contribution < -0.4 is 0 Å². The van der Waals surface area contributed by atoms with Crippen molar-refractivity contribution in [1.82, 2.24) is 9.80 Å². The average molecular weight is 305 g/mol. The molecule has 2 heterocycles. The van der Waals surface area contributed by atoms with Gasteiger partial charge >= 0.3 is 0 Å². The number of thiophene rings is 1. The third kappa shape index (κ3) is 4.14. The summed E-state index contributed by atoms with van der Waals surface area (Å²) in [6.45, 7) is 2.21. The summed E-state index contributed by atoms with van der Waals surface area (Å²) in [6, 6.07) is 4.02. The fourth-order valence-electron chi connectivity index (χ4n) is 2.17. The number of guanidine groups is 1. The molecule has 0 amide bonds. The molecule has 0 fully saturated rings. The first-order chi connectivity index (χ1) is 9.97. The van der Waals surface area contributed by atoms with Gasteiger partial charge in [-0.05, 0) is 23.9 Å². The molecule has 0 aromatic carbocycles. The van der Waals surface area contributed by atoms with Gasteiger partial charge in [0.05, 0.1) is 0 Å². The molecule has 0 saturated heterocycles. The van der Waals surface area contributed by atoms with E-state index < -0.39 is 0 Å². The molecule has 21 heavy (non-hydrogen) atoms. The Bertz CT molecular complexity index is 555. The minimum absolute atomic E-state index is 0.388. The first-order valence-electron chi connectivity index (χ1n) is 7.10. The fraction of sp³-hybridized carbons (Fsp3) is 0.533. The molecule has 0 radical (unpaired) electrons. The molecule has 6 heteroatoms. The maximum atomic E-state index is 4.74. The van der Waals surface area contributed by atoms with E-state index in [0.717, 1.165) is 29.5 Å². The van der Waals surface area contributed by atoms with Crippen LogP contribution in [0.3, 0.4) is 0 Å². The number of aliphatic imine (C=N–C) groups is 3. The highest BCUT2D eigenvalue weighted by molar-refractivity contribution is 7.13. The van der Waals surface area contributed by atoms with Crippen molar-refractivity contribution in [3.8, 4) is 0 Å². The Balaban J connectivity index is 2.41. The zero-order valence-electron chi connectivity index (χ0n) is 13.4. The Morgan fingerprint density at radius 2 is 1.95 bits per heavy atom. The van der Waals surface area contributed by atoms with Gasteiger partial charge in [0.15, 0.2) is 0 Å². The first kappa shape index (κ1) is 15.7. The minimum Gasteiger partial charge on any atom is -0.366 e. The van der Waals surface area contributed by atoms with Gasteiger partial charge in [0.2, 0.25) is 5.96 Å². The van der Waals surface area contributed by atoms with Gasteiger partial charge in [0, 0.05) is 40.5 Å². The predicted octanol–water partition coefficient (Wildman–Crippen LogP) is 3.09. The number of hydrogen-bond acceptors (Lipinski definition) is 5. The second-order valence-corrected chi connectivity index (χ2v) is 6.52. The van der Waals surface area contributed by atoms with Gasteiger partial charge < -0.3 is 9.80 Å². The Morgan fingerprint density at radius 1 is 1.19 bits per heavy atom. The van der Waals surface area contributed by atoms with Crippen molar-refractivity contribution in [3.05, 3.63) is 17.5 Å². The van der Waals surface area contributed by atoms with E-state index >= 15 is 0 Å². The fourth-order valence-corrected chi connectivity index (χ4v) is 2.78. The summed E-state index contributed by atoms with van der Waals surface area (Å²) in [5, 5.41) is 3.03. The van der Waals surface area contributed by atoms with Crippen LogP contribution in [-0.2, 0) is 0 Å². The van der Waals surface area contributed by atoms with Crippen molar-refractivity contribution in [2.45, 2.75) is 19.8 Å². The lowest BCUT2D eigenvalue weighted by atomic mass is 10.0.